The highest BCUT2D eigenvalue weighted by molar-refractivity contribution is 6.19. The summed E-state index contributed by atoms with van der Waals surface area (Å²) in [4.78, 5) is 16.4. The van der Waals surface area contributed by atoms with E-state index in [2.05, 4.69) is 72.2 Å². The number of carbonyl (C=O) groups excluding carboxylic acids is 1. The number of fused-ring (bicyclic) bond motifs is 6. The van der Waals surface area contributed by atoms with Crippen molar-refractivity contribution >= 4 is 27.6 Å². The highest BCUT2D eigenvalue weighted by atomic mass is 16.1. The lowest BCUT2D eigenvalue weighted by Crippen LogP contribution is -2.00. The molecule has 0 bridgehead atoms. The number of nitrogens with one attached hydrogen (secondary N) is 1. The normalized spacial score (nSPS) is 12.1. The van der Waals surface area contributed by atoms with Crippen LogP contribution in [0.5, 0.6) is 0 Å². The van der Waals surface area contributed by atoms with Crippen molar-refractivity contribution < 1.29 is 4.79 Å². The maximum absolute atomic E-state index is 12.9. The van der Waals surface area contributed by atoms with Crippen molar-refractivity contribution in [3.8, 4) is 22.3 Å². The minimum absolute atomic E-state index is 0.0568. The van der Waals surface area contributed by atoms with Crippen LogP contribution in [0.3, 0.4) is 0 Å². The summed E-state index contributed by atoms with van der Waals surface area (Å²) in [6, 6.07) is 27.3. The number of ketones is 1. The summed E-state index contributed by atoms with van der Waals surface area (Å²) in [5, 5.41) is 2.30. The van der Waals surface area contributed by atoms with Gasteiger partial charge in [-0.05, 0) is 52.4 Å². The van der Waals surface area contributed by atoms with Crippen LogP contribution >= 0.6 is 0 Å². The molecule has 1 aliphatic carbocycles. The zero-order chi connectivity index (χ0) is 20.2. The molecule has 0 unspecified atom stereocenters. The first-order valence-electron chi connectivity index (χ1n) is 10.2. The summed E-state index contributed by atoms with van der Waals surface area (Å²) in [7, 11) is 0. The van der Waals surface area contributed by atoms with E-state index in [1.54, 1.807) is 0 Å². The summed E-state index contributed by atoms with van der Waals surface area (Å²) in [6.45, 7) is 3.74. The molecule has 0 aliphatic heterocycles. The van der Waals surface area contributed by atoms with Crippen LogP contribution in [0.25, 0.3) is 44.1 Å². The fourth-order valence-electron chi connectivity index (χ4n) is 4.91. The molecule has 2 nitrogen and oxygen atoms in total. The van der Waals surface area contributed by atoms with Crippen molar-refractivity contribution in [1.82, 2.24) is 4.98 Å². The average molecular weight is 385 g/mol. The Morgan fingerprint density at radius 2 is 1.57 bits per heavy atom. The standard InChI is InChI=1S/C28H19NO/c1-2-26(30)23-15-14-22-20-10-5-6-13-25(20)29-28(22)27(23)21-12-7-11-19-18-9-4-3-8-17(18)16-24(19)21/h2-15,29H,1,16H2. The van der Waals surface area contributed by atoms with Crippen molar-refractivity contribution in [2.24, 2.45) is 0 Å². The Kier molecular flexibility index (Phi) is 3.57. The van der Waals surface area contributed by atoms with Crippen LogP contribution in [0, 0.1) is 0 Å². The second-order valence-corrected chi connectivity index (χ2v) is 7.82. The third-order valence-electron chi connectivity index (χ3n) is 6.25. The molecular weight excluding hydrogens is 366 g/mol. The number of hydrogen-bond donors (Lipinski definition) is 1. The molecule has 0 radical (unpaired) electrons. The zero-order valence-electron chi connectivity index (χ0n) is 16.4. The minimum atomic E-state index is -0.0568. The van der Waals surface area contributed by atoms with Gasteiger partial charge in [-0.25, -0.2) is 0 Å². The second-order valence-electron chi connectivity index (χ2n) is 7.82. The van der Waals surface area contributed by atoms with E-state index in [0.717, 1.165) is 34.0 Å². The van der Waals surface area contributed by atoms with Gasteiger partial charge in [-0.2, -0.15) is 0 Å². The predicted octanol–water partition coefficient (Wildman–Crippen LogP) is 6.93. The third-order valence-corrected chi connectivity index (χ3v) is 6.25. The number of allylic oxidation sites excluding steroid dienone is 1. The SMILES string of the molecule is C=CC(=O)c1ccc2c([nH]c3ccccc32)c1-c1cccc2c1Cc1ccccc1-2. The summed E-state index contributed by atoms with van der Waals surface area (Å²) < 4.78 is 0. The number of aromatic nitrogens is 1. The minimum Gasteiger partial charge on any atom is -0.354 e. The van der Waals surface area contributed by atoms with Gasteiger partial charge in [-0.3, -0.25) is 4.79 Å². The van der Waals surface area contributed by atoms with E-state index in [-0.39, 0.29) is 5.78 Å². The number of H-pyrrole nitrogens is 1. The Bertz CT molecular complexity index is 1500. The summed E-state index contributed by atoms with van der Waals surface area (Å²) in [6.07, 6.45) is 2.28. The fourth-order valence-corrected chi connectivity index (χ4v) is 4.91. The quantitative estimate of drug-likeness (QED) is 0.260. The van der Waals surface area contributed by atoms with Gasteiger partial charge in [0.15, 0.2) is 5.78 Å². The molecule has 0 atom stereocenters. The molecule has 2 heteroatoms. The molecule has 30 heavy (non-hydrogen) atoms. The Morgan fingerprint density at radius 1 is 0.800 bits per heavy atom. The summed E-state index contributed by atoms with van der Waals surface area (Å²) in [5.74, 6) is -0.0568. The first kappa shape index (κ1) is 17.0. The van der Waals surface area contributed by atoms with E-state index < -0.39 is 0 Å². The van der Waals surface area contributed by atoms with Gasteiger partial charge in [-0.15, -0.1) is 0 Å². The highest BCUT2D eigenvalue weighted by Crippen LogP contribution is 2.44. The largest absolute Gasteiger partial charge is 0.354 e. The van der Waals surface area contributed by atoms with Crippen LogP contribution in [0.2, 0.25) is 0 Å². The van der Waals surface area contributed by atoms with Crippen LogP contribution in [0.15, 0.2) is 91.5 Å². The summed E-state index contributed by atoms with van der Waals surface area (Å²) >= 11 is 0. The van der Waals surface area contributed by atoms with Crippen LogP contribution in [-0.4, -0.2) is 10.8 Å². The van der Waals surface area contributed by atoms with Crippen molar-refractivity contribution in [3.05, 3.63) is 108 Å². The van der Waals surface area contributed by atoms with Gasteiger partial charge in [0.25, 0.3) is 0 Å². The predicted molar refractivity (Wildman–Crippen MR) is 124 cm³/mol. The van der Waals surface area contributed by atoms with Crippen molar-refractivity contribution in [1.29, 1.82) is 0 Å². The van der Waals surface area contributed by atoms with Gasteiger partial charge >= 0.3 is 0 Å². The number of benzene rings is 4. The molecule has 6 rings (SSSR count). The molecule has 4 aromatic carbocycles. The second kappa shape index (κ2) is 6.30. The third kappa shape index (κ3) is 2.28. The van der Waals surface area contributed by atoms with E-state index in [1.165, 1.54) is 33.7 Å². The van der Waals surface area contributed by atoms with Gasteiger partial charge in [-0.1, -0.05) is 73.3 Å². The maximum atomic E-state index is 12.9. The van der Waals surface area contributed by atoms with Crippen LogP contribution in [0.4, 0.5) is 0 Å². The Hall–Kier alpha value is -3.91. The number of aromatic amines is 1. The van der Waals surface area contributed by atoms with Crippen molar-refractivity contribution in [2.45, 2.75) is 6.42 Å². The first-order valence-corrected chi connectivity index (χ1v) is 10.2. The Morgan fingerprint density at radius 3 is 2.47 bits per heavy atom. The van der Waals surface area contributed by atoms with Gasteiger partial charge in [0.1, 0.15) is 0 Å². The smallest absolute Gasteiger partial charge is 0.185 e. The Balaban J connectivity index is 1.73. The molecule has 1 N–H and O–H groups in total. The lowest BCUT2D eigenvalue weighted by atomic mass is 9.89. The number of hydrogen-bond acceptors (Lipinski definition) is 1. The van der Waals surface area contributed by atoms with Gasteiger partial charge < -0.3 is 4.98 Å². The maximum Gasteiger partial charge on any atom is 0.185 e. The van der Waals surface area contributed by atoms with E-state index >= 15 is 0 Å². The van der Waals surface area contributed by atoms with Gasteiger partial charge in [0.05, 0.1) is 5.52 Å². The lowest BCUT2D eigenvalue weighted by molar-refractivity contribution is 0.104. The molecule has 0 spiro atoms. The first-order chi connectivity index (χ1) is 14.8. The number of carbonyl (C=O) groups is 1. The van der Waals surface area contributed by atoms with Crippen LogP contribution in [0.1, 0.15) is 21.5 Å². The van der Waals surface area contributed by atoms with Crippen LogP contribution < -0.4 is 0 Å². The van der Waals surface area contributed by atoms with E-state index in [0.29, 0.717) is 5.56 Å². The molecule has 0 saturated heterocycles. The van der Waals surface area contributed by atoms with E-state index in [9.17, 15) is 4.79 Å². The molecule has 0 amide bonds. The van der Waals surface area contributed by atoms with Crippen molar-refractivity contribution in [3.63, 3.8) is 0 Å². The molecule has 1 aliphatic rings. The molecule has 0 saturated carbocycles. The lowest BCUT2D eigenvalue weighted by Gasteiger charge is -2.14. The molecule has 1 heterocycles. The Labute approximate surface area is 174 Å². The molecule has 5 aromatic rings. The zero-order valence-corrected chi connectivity index (χ0v) is 16.4. The van der Waals surface area contributed by atoms with Gasteiger partial charge in [0, 0.05) is 27.4 Å². The fraction of sp³-hybridized carbons (Fsp3) is 0.0357. The van der Waals surface area contributed by atoms with Gasteiger partial charge in [0.2, 0.25) is 0 Å². The molecule has 142 valence electrons. The monoisotopic (exact) mass is 385 g/mol. The summed E-state index contributed by atoms with van der Waals surface area (Å²) in [5.41, 5.74) is 10.0. The topological polar surface area (TPSA) is 32.9 Å². The number of para-hydroxylation sites is 1. The van der Waals surface area contributed by atoms with E-state index in [1.807, 2.05) is 18.2 Å². The molecule has 0 fully saturated rings. The molecular formula is C28H19NO. The van der Waals surface area contributed by atoms with Crippen LogP contribution in [-0.2, 0) is 6.42 Å². The van der Waals surface area contributed by atoms with Crippen molar-refractivity contribution in [2.75, 3.05) is 0 Å². The van der Waals surface area contributed by atoms with E-state index in [4.69, 9.17) is 0 Å². The molecule has 1 aromatic heterocycles. The highest BCUT2D eigenvalue weighted by Gasteiger charge is 2.25. The average Bonchev–Trinajstić information content (AvgIpc) is 3.36. The number of rotatable bonds is 3.